The Hall–Kier alpha value is -3.66. The highest BCUT2D eigenvalue weighted by atomic mass is 32.2. The third kappa shape index (κ3) is 6.55. The lowest BCUT2D eigenvalue weighted by atomic mass is 9.87. The summed E-state index contributed by atoms with van der Waals surface area (Å²) in [5.41, 5.74) is 1.64. The molecule has 1 atom stereocenters. The molecule has 2 heterocycles. The summed E-state index contributed by atoms with van der Waals surface area (Å²) >= 11 is 0. The number of hydrogen-bond donors (Lipinski definition) is 1. The third-order valence-corrected chi connectivity index (χ3v) is 8.89. The summed E-state index contributed by atoms with van der Waals surface area (Å²) in [6.07, 6.45) is 8.65. The lowest BCUT2D eigenvalue weighted by molar-refractivity contribution is 0.0541. The van der Waals surface area contributed by atoms with Crippen LogP contribution in [0.3, 0.4) is 0 Å². The molecule has 2 aliphatic rings. The number of aromatic nitrogens is 1. The Morgan fingerprint density at radius 1 is 1.00 bits per heavy atom. The lowest BCUT2D eigenvalue weighted by Gasteiger charge is -2.34. The number of nitrogens with zero attached hydrogens (tertiary/aromatic N) is 3. The van der Waals surface area contributed by atoms with E-state index in [0.29, 0.717) is 66.1 Å². The summed E-state index contributed by atoms with van der Waals surface area (Å²) in [6.45, 7) is 2.14. The first-order valence-electron chi connectivity index (χ1n) is 13.9. The maximum absolute atomic E-state index is 13.3. The number of nitrogens with one attached hydrogen (secondary N) is 1. The second-order valence-corrected chi connectivity index (χ2v) is 11.5. The van der Waals surface area contributed by atoms with Crippen LogP contribution in [0.25, 0.3) is 10.9 Å². The summed E-state index contributed by atoms with van der Waals surface area (Å²) in [5.74, 6) is 0.878. The molecule has 2 aromatic carbocycles. The van der Waals surface area contributed by atoms with Crippen molar-refractivity contribution in [2.24, 2.45) is 5.92 Å². The molecular weight excluding hydrogens is 528 g/mol. The molecule has 1 saturated heterocycles. The van der Waals surface area contributed by atoms with Crippen molar-refractivity contribution in [1.82, 2.24) is 14.8 Å². The smallest absolute Gasteiger partial charge is 0.409 e. The van der Waals surface area contributed by atoms with Gasteiger partial charge in [0.25, 0.3) is 5.91 Å². The van der Waals surface area contributed by atoms with E-state index in [1.807, 2.05) is 24.3 Å². The maximum Gasteiger partial charge on any atom is 0.409 e. The number of pyridine rings is 1. The van der Waals surface area contributed by atoms with E-state index >= 15 is 0 Å². The highest BCUT2D eigenvalue weighted by Crippen LogP contribution is 2.28. The van der Waals surface area contributed by atoms with E-state index in [9.17, 15) is 13.8 Å². The first-order chi connectivity index (χ1) is 19.5. The molecule has 1 unspecified atom stereocenters. The van der Waals surface area contributed by atoms with Crippen molar-refractivity contribution in [1.29, 1.82) is 0 Å². The minimum absolute atomic E-state index is 0.173. The number of hydrogen-bond acceptors (Lipinski definition) is 6. The number of rotatable bonds is 8. The molecule has 2 fully saturated rings. The van der Waals surface area contributed by atoms with Crippen molar-refractivity contribution in [3.8, 4) is 5.75 Å². The summed E-state index contributed by atoms with van der Waals surface area (Å²) in [7, 11) is -0.0639. The number of carbonyl (C=O) groups excluding carboxylic acids is 2. The monoisotopic (exact) mass is 564 g/mol. The molecule has 212 valence electrons. The van der Waals surface area contributed by atoms with Gasteiger partial charge < -0.3 is 24.0 Å². The zero-order valence-electron chi connectivity index (χ0n) is 22.8. The van der Waals surface area contributed by atoms with Crippen molar-refractivity contribution in [3.63, 3.8) is 0 Å². The molecule has 5 rings (SSSR count). The first kappa shape index (κ1) is 27.9. The maximum atomic E-state index is 13.3. The number of benzene rings is 2. The summed E-state index contributed by atoms with van der Waals surface area (Å²) < 4.78 is 27.2. The second-order valence-electron chi connectivity index (χ2n) is 10.3. The Labute approximate surface area is 237 Å². The topological polar surface area (TPSA) is 101 Å². The van der Waals surface area contributed by atoms with Crippen LogP contribution in [0.1, 0.15) is 48.9 Å². The van der Waals surface area contributed by atoms with Gasteiger partial charge in [0, 0.05) is 43.8 Å². The minimum atomic E-state index is -1.57. The number of fused-ring (bicyclic) bond motifs is 1. The van der Waals surface area contributed by atoms with Crippen molar-refractivity contribution < 1.29 is 23.3 Å². The molecule has 0 spiro atoms. The zero-order chi connectivity index (χ0) is 27.9. The van der Waals surface area contributed by atoms with E-state index in [1.165, 1.54) is 39.2 Å². The molecule has 1 aliphatic heterocycles. The molecule has 3 aromatic rings. The van der Waals surface area contributed by atoms with Gasteiger partial charge >= 0.3 is 6.09 Å². The Bertz CT molecular complexity index is 1360. The quantitative estimate of drug-likeness (QED) is 0.402. The molecule has 1 aliphatic carbocycles. The number of amides is 2. The molecule has 1 aromatic heterocycles. The Morgan fingerprint density at radius 2 is 1.75 bits per heavy atom. The first-order valence-corrected chi connectivity index (χ1v) is 15.1. The molecule has 0 bridgehead atoms. The Kier molecular flexibility index (Phi) is 9.15. The van der Waals surface area contributed by atoms with E-state index in [-0.39, 0.29) is 12.0 Å². The van der Waals surface area contributed by atoms with Crippen LogP contribution >= 0.6 is 0 Å². The van der Waals surface area contributed by atoms with Crippen molar-refractivity contribution in [2.75, 3.05) is 44.6 Å². The average Bonchev–Trinajstić information content (AvgIpc) is 3.01. The fourth-order valence-electron chi connectivity index (χ4n) is 5.46. The second kappa shape index (κ2) is 13.1. The highest BCUT2D eigenvalue weighted by molar-refractivity contribution is 7.86. The van der Waals surface area contributed by atoms with E-state index in [2.05, 4.69) is 9.71 Å². The van der Waals surface area contributed by atoms with E-state index in [0.717, 1.165) is 11.8 Å². The van der Waals surface area contributed by atoms with Crippen LogP contribution in [0.5, 0.6) is 5.75 Å². The zero-order valence-corrected chi connectivity index (χ0v) is 23.7. The SMILES string of the molecule is COc1cc(NS(=O)c2cccc3cccnc23)ccc1C(=O)N1CCN(C(=O)OCCC2CCCCC2)CC1. The lowest BCUT2D eigenvalue weighted by Crippen LogP contribution is -2.50. The molecule has 9 nitrogen and oxygen atoms in total. The summed E-state index contributed by atoms with van der Waals surface area (Å²) in [6, 6.07) is 14.4. The van der Waals surface area contributed by atoms with Crippen LogP contribution in [0.2, 0.25) is 0 Å². The number of ether oxygens (including phenoxy) is 2. The van der Waals surface area contributed by atoms with Crippen LogP contribution in [0, 0.1) is 5.92 Å². The largest absolute Gasteiger partial charge is 0.496 e. The van der Waals surface area contributed by atoms with Gasteiger partial charge in [-0.1, -0.05) is 50.3 Å². The number of methoxy groups -OCH3 is 1. The predicted molar refractivity (Wildman–Crippen MR) is 155 cm³/mol. The van der Waals surface area contributed by atoms with Gasteiger partial charge in [0.1, 0.15) is 5.75 Å². The fourth-order valence-corrected chi connectivity index (χ4v) is 6.46. The molecule has 10 heteroatoms. The standard InChI is InChI=1S/C30H36N4O5S/c1-38-26-21-24(32-40(37)27-11-5-9-23-10-6-15-31-28(23)27)12-13-25(26)29(35)33-16-18-34(19-17-33)30(36)39-20-14-22-7-3-2-4-8-22/h5-6,9-13,15,21-22,32H,2-4,7-8,14,16-20H2,1H3. The minimum Gasteiger partial charge on any atom is -0.496 e. The molecule has 1 N–H and O–H groups in total. The van der Waals surface area contributed by atoms with Crippen molar-refractivity contribution in [2.45, 2.75) is 43.4 Å². The molecule has 40 heavy (non-hydrogen) atoms. The summed E-state index contributed by atoms with van der Waals surface area (Å²) in [4.78, 5) is 34.2. The molecule has 0 radical (unpaired) electrons. The number of piperazine rings is 1. The van der Waals surface area contributed by atoms with Gasteiger partial charge in [-0.3, -0.25) is 9.78 Å². The van der Waals surface area contributed by atoms with Crippen LogP contribution in [0.4, 0.5) is 10.5 Å². The van der Waals surface area contributed by atoms with Gasteiger partial charge in [0.05, 0.1) is 35.4 Å². The van der Waals surface area contributed by atoms with Gasteiger partial charge in [0.15, 0.2) is 11.0 Å². The van der Waals surface area contributed by atoms with E-state index in [1.54, 1.807) is 40.3 Å². The van der Waals surface area contributed by atoms with Gasteiger partial charge in [-0.15, -0.1) is 0 Å². The molecule has 1 saturated carbocycles. The highest BCUT2D eigenvalue weighted by Gasteiger charge is 2.27. The number of para-hydroxylation sites is 1. The van der Waals surface area contributed by atoms with Crippen LogP contribution in [0.15, 0.2) is 59.6 Å². The number of anilines is 1. The third-order valence-electron chi connectivity index (χ3n) is 7.74. The van der Waals surface area contributed by atoms with Gasteiger partial charge in [-0.05, 0) is 36.6 Å². The van der Waals surface area contributed by atoms with E-state index in [4.69, 9.17) is 9.47 Å². The van der Waals surface area contributed by atoms with Crippen LogP contribution in [-0.2, 0) is 15.7 Å². The Balaban J connectivity index is 1.16. The number of carbonyl (C=O) groups is 2. The normalized spacial score (nSPS) is 16.9. The van der Waals surface area contributed by atoms with Gasteiger partial charge in [-0.2, -0.15) is 0 Å². The van der Waals surface area contributed by atoms with Gasteiger partial charge in [-0.25, -0.2) is 9.00 Å². The van der Waals surface area contributed by atoms with Crippen molar-refractivity contribution >= 4 is 39.6 Å². The fraction of sp³-hybridized carbons (Fsp3) is 0.433. The van der Waals surface area contributed by atoms with Crippen molar-refractivity contribution in [3.05, 3.63) is 60.3 Å². The average molecular weight is 565 g/mol. The van der Waals surface area contributed by atoms with Crippen LogP contribution in [-0.4, -0.2) is 70.9 Å². The molecular formula is C30H36N4O5S. The molecule has 2 amide bonds. The summed E-state index contributed by atoms with van der Waals surface area (Å²) in [5, 5.41) is 0.904. The predicted octanol–water partition coefficient (Wildman–Crippen LogP) is 5.24. The van der Waals surface area contributed by atoms with Crippen LogP contribution < -0.4 is 9.46 Å². The van der Waals surface area contributed by atoms with Gasteiger partial charge in [0.2, 0.25) is 0 Å². The Morgan fingerprint density at radius 3 is 2.52 bits per heavy atom. The van der Waals surface area contributed by atoms with E-state index < -0.39 is 11.0 Å².